The Morgan fingerprint density at radius 2 is 2.38 bits per heavy atom. The lowest BCUT2D eigenvalue weighted by Gasteiger charge is -2.29. The van der Waals surface area contributed by atoms with Crippen molar-refractivity contribution in [3.05, 3.63) is 0 Å². The second-order valence-corrected chi connectivity index (χ2v) is 4.36. The molecule has 0 bridgehead atoms. The van der Waals surface area contributed by atoms with Crippen LogP contribution in [-0.2, 0) is 14.3 Å². The van der Waals surface area contributed by atoms with Crippen molar-refractivity contribution in [1.29, 1.82) is 0 Å². The molecule has 0 spiro atoms. The molecule has 1 N–H and O–H groups in total. The molecule has 0 aromatic carbocycles. The van der Waals surface area contributed by atoms with Crippen LogP contribution in [0.25, 0.3) is 0 Å². The molecule has 0 aliphatic carbocycles. The van der Waals surface area contributed by atoms with Crippen molar-refractivity contribution in [1.82, 2.24) is 10.2 Å². The Kier molecular flexibility index (Phi) is 3.77. The van der Waals surface area contributed by atoms with E-state index in [4.69, 9.17) is 4.74 Å². The zero-order valence-corrected chi connectivity index (χ0v) is 9.41. The molecule has 0 aromatic rings. The fraction of sp³-hybridized carbons (Fsp3) is 0.818. The number of ether oxygens (including phenoxy) is 1. The smallest absolute Gasteiger partial charge is 0.239 e. The molecular weight excluding hydrogens is 208 g/mol. The Hall–Kier alpha value is -1.10. The summed E-state index contributed by atoms with van der Waals surface area (Å²) >= 11 is 0. The number of hydrogen-bond acceptors (Lipinski definition) is 3. The van der Waals surface area contributed by atoms with Gasteiger partial charge in [-0.15, -0.1) is 0 Å². The molecule has 0 saturated carbocycles. The van der Waals surface area contributed by atoms with E-state index in [9.17, 15) is 9.59 Å². The maximum atomic E-state index is 11.9. The van der Waals surface area contributed by atoms with E-state index >= 15 is 0 Å². The van der Waals surface area contributed by atoms with Crippen molar-refractivity contribution in [3.63, 3.8) is 0 Å². The number of carbonyl (C=O) groups is 2. The van der Waals surface area contributed by atoms with E-state index in [1.54, 1.807) is 4.90 Å². The number of nitrogens with zero attached hydrogens (tertiary/aromatic N) is 1. The monoisotopic (exact) mass is 226 g/mol. The van der Waals surface area contributed by atoms with Crippen molar-refractivity contribution in [3.8, 4) is 0 Å². The molecule has 2 aliphatic heterocycles. The predicted octanol–water partition coefficient (Wildman–Crippen LogP) is -0.0960. The minimum Gasteiger partial charge on any atom is -0.378 e. The van der Waals surface area contributed by atoms with Gasteiger partial charge in [-0.25, -0.2) is 0 Å². The molecule has 0 radical (unpaired) electrons. The molecule has 5 nitrogen and oxygen atoms in total. The fourth-order valence-electron chi connectivity index (χ4n) is 2.14. The summed E-state index contributed by atoms with van der Waals surface area (Å²) in [4.78, 5) is 24.6. The standard InChI is InChI=1S/C11H18N2O3/c14-10-8-13(5-4-12-10)11(15)7-9-3-1-2-6-16-9/h9H,1-8H2,(H,12,14). The summed E-state index contributed by atoms with van der Waals surface area (Å²) in [5, 5.41) is 2.71. The third kappa shape index (κ3) is 2.95. The normalized spacial score (nSPS) is 26.4. The van der Waals surface area contributed by atoms with Crippen LogP contribution in [-0.4, -0.2) is 49.1 Å². The van der Waals surface area contributed by atoms with Crippen LogP contribution in [0.3, 0.4) is 0 Å². The quantitative estimate of drug-likeness (QED) is 0.715. The van der Waals surface area contributed by atoms with Gasteiger partial charge in [0, 0.05) is 19.7 Å². The lowest BCUT2D eigenvalue weighted by Crippen LogP contribution is -2.50. The van der Waals surface area contributed by atoms with E-state index in [0.717, 1.165) is 25.9 Å². The zero-order chi connectivity index (χ0) is 11.4. The van der Waals surface area contributed by atoms with Gasteiger partial charge in [0.05, 0.1) is 19.1 Å². The first-order valence-electron chi connectivity index (χ1n) is 5.92. The van der Waals surface area contributed by atoms with Crippen LogP contribution in [0, 0.1) is 0 Å². The number of amides is 2. The minimum atomic E-state index is -0.0656. The van der Waals surface area contributed by atoms with Gasteiger partial charge < -0.3 is 15.0 Å². The highest BCUT2D eigenvalue weighted by Gasteiger charge is 2.24. The first-order valence-corrected chi connectivity index (χ1v) is 5.92. The Labute approximate surface area is 95.1 Å². The van der Waals surface area contributed by atoms with Crippen molar-refractivity contribution >= 4 is 11.8 Å². The van der Waals surface area contributed by atoms with E-state index in [-0.39, 0.29) is 24.5 Å². The molecule has 2 saturated heterocycles. The van der Waals surface area contributed by atoms with Crippen LogP contribution >= 0.6 is 0 Å². The average molecular weight is 226 g/mol. The van der Waals surface area contributed by atoms with Crippen LogP contribution in [0.5, 0.6) is 0 Å². The summed E-state index contributed by atoms with van der Waals surface area (Å²) in [7, 11) is 0. The zero-order valence-electron chi connectivity index (χ0n) is 9.41. The van der Waals surface area contributed by atoms with E-state index in [1.807, 2.05) is 0 Å². The summed E-state index contributed by atoms with van der Waals surface area (Å²) in [5.74, 6) is -0.0223. The summed E-state index contributed by atoms with van der Waals surface area (Å²) in [5.41, 5.74) is 0. The van der Waals surface area contributed by atoms with Gasteiger partial charge in [-0.05, 0) is 19.3 Å². The van der Waals surface area contributed by atoms with Crippen molar-refractivity contribution < 1.29 is 14.3 Å². The van der Waals surface area contributed by atoms with Crippen LogP contribution in [0.2, 0.25) is 0 Å². The summed E-state index contributed by atoms with van der Waals surface area (Å²) in [6, 6.07) is 0. The van der Waals surface area contributed by atoms with E-state index in [0.29, 0.717) is 19.5 Å². The predicted molar refractivity (Wildman–Crippen MR) is 57.8 cm³/mol. The van der Waals surface area contributed by atoms with Gasteiger partial charge in [-0.1, -0.05) is 0 Å². The number of rotatable bonds is 2. The van der Waals surface area contributed by atoms with Crippen LogP contribution in [0.15, 0.2) is 0 Å². The second kappa shape index (κ2) is 5.30. The number of piperazine rings is 1. The highest BCUT2D eigenvalue weighted by atomic mass is 16.5. The Bertz CT molecular complexity index is 274. The van der Waals surface area contributed by atoms with E-state index < -0.39 is 0 Å². The summed E-state index contributed by atoms with van der Waals surface area (Å²) < 4.78 is 5.52. The van der Waals surface area contributed by atoms with Crippen LogP contribution in [0.4, 0.5) is 0 Å². The third-order valence-electron chi connectivity index (χ3n) is 3.07. The number of hydrogen-bond donors (Lipinski definition) is 1. The second-order valence-electron chi connectivity index (χ2n) is 4.36. The van der Waals surface area contributed by atoms with Crippen LogP contribution < -0.4 is 5.32 Å². The molecule has 2 fully saturated rings. The van der Waals surface area contributed by atoms with Crippen molar-refractivity contribution in [2.75, 3.05) is 26.2 Å². The molecule has 90 valence electrons. The lowest BCUT2D eigenvalue weighted by atomic mass is 10.1. The molecule has 2 aliphatic rings. The minimum absolute atomic E-state index is 0.0433. The molecule has 2 heterocycles. The average Bonchev–Trinajstić information content (AvgIpc) is 2.30. The summed E-state index contributed by atoms with van der Waals surface area (Å²) in [6.07, 6.45) is 3.68. The Morgan fingerprint density at radius 1 is 1.50 bits per heavy atom. The molecule has 1 atom stereocenters. The lowest BCUT2D eigenvalue weighted by molar-refractivity contribution is -0.141. The molecule has 0 aromatic heterocycles. The van der Waals surface area contributed by atoms with Gasteiger partial charge in [-0.2, -0.15) is 0 Å². The Morgan fingerprint density at radius 3 is 3.06 bits per heavy atom. The molecule has 5 heteroatoms. The first-order chi connectivity index (χ1) is 7.75. The van der Waals surface area contributed by atoms with Crippen molar-refractivity contribution in [2.24, 2.45) is 0 Å². The van der Waals surface area contributed by atoms with Gasteiger partial charge in [0.25, 0.3) is 0 Å². The van der Waals surface area contributed by atoms with Gasteiger partial charge in [-0.3, -0.25) is 9.59 Å². The maximum Gasteiger partial charge on any atom is 0.239 e. The van der Waals surface area contributed by atoms with Gasteiger partial charge >= 0.3 is 0 Å². The molecular formula is C11H18N2O3. The molecule has 2 rings (SSSR count). The molecule has 1 unspecified atom stereocenters. The third-order valence-corrected chi connectivity index (χ3v) is 3.07. The maximum absolute atomic E-state index is 11.9. The highest BCUT2D eigenvalue weighted by Crippen LogP contribution is 2.16. The van der Waals surface area contributed by atoms with Gasteiger partial charge in [0.2, 0.25) is 11.8 Å². The summed E-state index contributed by atoms with van der Waals surface area (Å²) in [6.45, 7) is 2.15. The van der Waals surface area contributed by atoms with Crippen LogP contribution in [0.1, 0.15) is 25.7 Å². The van der Waals surface area contributed by atoms with Crippen molar-refractivity contribution in [2.45, 2.75) is 31.8 Å². The van der Waals surface area contributed by atoms with Gasteiger partial charge in [0.15, 0.2) is 0 Å². The Balaban J connectivity index is 1.79. The molecule has 2 amide bonds. The first kappa shape index (κ1) is 11.4. The fourth-order valence-corrected chi connectivity index (χ4v) is 2.14. The number of nitrogens with one attached hydrogen (secondary N) is 1. The largest absolute Gasteiger partial charge is 0.378 e. The van der Waals surface area contributed by atoms with E-state index in [1.165, 1.54) is 0 Å². The molecule has 16 heavy (non-hydrogen) atoms. The van der Waals surface area contributed by atoms with E-state index in [2.05, 4.69) is 5.32 Å². The highest BCUT2D eigenvalue weighted by molar-refractivity contribution is 5.86. The topological polar surface area (TPSA) is 58.6 Å². The number of carbonyl (C=O) groups excluding carboxylic acids is 2. The SMILES string of the molecule is O=C1CN(C(=O)CC2CCCCO2)CCN1. The van der Waals surface area contributed by atoms with Gasteiger partial charge in [0.1, 0.15) is 0 Å².